The average Bonchev–Trinajstić information content (AvgIpc) is 2.54. The molecule has 0 fully saturated rings. The van der Waals surface area contributed by atoms with E-state index in [1.54, 1.807) is 4.74 Å². The van der Waals surface area contributed by atoms with Gasteiger partial charge in [0.1, 0.15) is 12.2 Å². The minimum atomic E-state index is -6.98. The zero-order valence-electron chi connectivity index (χ0n) is 13.1. The molecule has 0 saturated carbocycles. The summed E-state index contributed by atoms with van der Waals surface area (Å²) in [5.41, 5.74) is -3.14. The maximum atomic E-state index is 13.6. The first-order valence-electron chi connectivity index (χ1n) is 6.53. The maximum Gasteiger partial charge on any atom is 0.483 e. The zero-order chi connectivity index (χ0) is 24.1. The number of benzene rings is 1. The van der Waals surface area contributed by atoms with Crippen LogP contribution in [0.4, 0.5) is 70.2 Å². The van der Waals surface area contributed by atoms with Gasteiger partial charge >= 0.3 is 30.4 Å². The second kappa shape index (κ2) is 7.61. The van der Waals surface area contributed by atoms with Gasteiger partial charge in [-0.15, -0.1) is 0 Å². The van der Waals surface area contributed by atoms with Crippen LogP contribution >= 0.6 is 0 Å². The topological polar surface area (TPSA) is 18.5 Å². The van der Waals surface area contributed by atoms with Gasteiger partial charge in [0.2, 0.25) is 5.82 Å². The third kappa shape index (κ3) is 4.68. The fourth-order valence-electron chi connectivity index (χ4n) is 1.54. The Balaban J connectivity index is 3.21. The van der Waals surface area contributed by atoms with Crippen molar-refractivity contribution in [2.75, 3.05) is 6.61 Å². The van der Waals surface area contributed by atoms with Crippen LogP contribution in [0.5, 0.6) is 0 Å². The highest BCUT2D eigenvalue weighted by Gasteiger charge is 2.71. The molecule has 0 aliphatic heterocycles. The molecule has 0 aromatic heterocycles. The van der Waals surface area contributed by atoms with Gasteiger partial charge in [-0.3, -0.25) is 0 Å². The number of alkyl halides is 11. The minimum Gasteiger partial charge on any atom is -0.307 e. The number of hydrogen-bond acceptors (Lipinski definition) is 2. The van der Waals surface area contributed by atoms with Crippen molar-refractivity contribution in [3.63, 3.8) is 0 Å². The normalized spacial score (nSPS) is 14.4. The van der Waals surface area contributed by atoms with Gasteiger partial charge in [0.25, 0.3) is 0 Å². The van der Waals surface area contributed by atoms with E-state index in [1.165, 1.54) is 0 Å². The van der Waals surface area contributed by atoms with E-state index in [2.05, 4.69) is 4.74 Å². The third-order valence-electron chi connectivity index (χ3n) is 2.94. The summed E-state index contributed by atoms with van der Waals surface area (Å²) in [6.45, 7) is -3.38. The Labute approximate surface area is 152 Å². The van der Waals surface area contributed by atoms with Crippen molar-refractivity contribution in [1.82, 2.24) is 0 Å². The predicted molar refractivity (Wildman–Crippen MR) is 58.1 cm³/mol. The van der Waals surface area contributed by atoms with E-state index in [4.69, 9.17) is 0 Å². The van der Waals surface area contributed by atoms with Gasteiger partial charge in [0, 0.05) is 0 Å². The van der Waals surface area contributed by atoms with Crippen LogP contribution in [0.15, 0.2) is 0 Å². The van der Waals surface area contributed by atoms with Crippen LogP contribution < -0.4 is 0 Å². The van der Waals surface area contributed by atoms with Crippen LogP contribution in [-0.2, 0) is 15.4 Å². The van der Waals surface area contributed by atoms with Crippen LogP contribution in [0.1, 0.15) is 5.56 Å². The van der Waals surface area contributed by atoms with E-state index in [9.17, 15) is 70.2 Å². The van der Waals surface area contributed by atoms with Gasteiger partial charge in [-0.2, -0.15) is 48.3 Å². The molecule has 0 bridgehead atoms. The standard InChI is InChI=1S/C12H2F16O2/c13-3-2(4(14)6(16)7(17)5(3)15)8(18,19)1-29-11(25,26)12(27,28)30-10(23,24)9(20,21)22/h1H2. The highest BCUT2D eigenvalue weighted by atomic mass is 19.4. The first-order valence-corrected chi connectivity index (χ1v) is 6.53. The molecule has 0 aliphatic rings. The summed E-state index contributed by atoms with van der Waals surface area (Å²) in [4.78, 5) is 0. The fourth-order valence-corrected chi connectivity index (χ4v) is 1.54. The van der Waals surface area contributed by atoms with Crippen LogP contribution in [0.2, 0.25) is 0 Å². The van der Waals surface area contributed by atoms with Gasteiger partial charge < -0.3 is 4.74 Å². The molecule has 174 valence electrons. The summed E-state index contributed by atoms with van der Waals surface area (Å²) >= 11 is 0. The molecule has 0 amide bonds. The molecule has 1 aromatic rings. The Hall–Kier alpha value is -1.98. The second-order valence-electron chi connectivity index (χ2n) is 5.09. The van der Waals surface area contributed by atoms with Gasteiger partial charge in [-0.05, 0) is 0 Å². The molecule has 0 radical (unpaired) electrons. The molecular formula is C12H2F16O2. The lowest BCUT2D eigenvalue weighted by molar-refractivity contribution is -0.518. The third-order valence-corrected chi connectivity index (χ3v) is 2.94. The fraction of sp³-hybridized carbons (Fsp3) is 0.500. The number of rotatable bonds is 7. The summed E-state index contributed by atoms with van der Waals surface area (Å²) in [6.07, 6.45) is -27.6. The summed E-state index contributed by atoms with van der Waals surface area (Å²) in [5, 5.41) is 0. The van der Waals surface area contributed by atoms with Gasteiger partial charge in [-0.25, -0.2) is 26.7 Å². The lowest BCUT2D eigenvalue weighted by atomic mass is 10.1. The smallest absolute Gasteiger partial charge is 0.307 e. The highest BCUT2D eigenvalue weighted by molar-refractivity contribution is 5.28. The molecule has 0 spiro atoms. The summed E-state index contributed by atoms with van der Waals surface area (Å²) in [5.74, 6) is -21.3. The molecule has 2 nitrogen and oxygen atoms in total. The van der Waals surface area contributed by atoms with Gasteiger partial charge in [-0.1, -0.05) is 0 Å². The molecule has 0 N–H and O–H groups in total. The van der Waals surface area contributed by atoms with Gasteiger partial charge in [0.05, 0.1) is 0 Å². The molecular weight excluding hydrogens is 480 g/mol. The van der Waals surface area contributed by atoms with E-state index >= 15 is 0 Å². The Morgan fingerprint density at radius 3 is 1.23 bits per heavy atom. The largest absolute Gasteiger partial charge is 0.483 e. The lowest BCUT2D eigenvalue weighted by Gasteiger charge is -2.30. The number of ether oxygens (including phenoxy) is 2. The summed E-state index contributed by atoms with van der Waals surface area (Å²) in [6, 6.07) is 0. The van der Waals surface area contributed by atoms with Crippen molar-refractivity contribution in [2.45, 2.75) is 30.4 Å². The predicted octanol–water partition coefficient (Wildman–Crippen LogP) is 5.85. The zero-order valence-corrected chi connectivity index (χ0v) is 13.1. The molecule has 18 heteroatoms. The average molecular weight is 482 g/mol. The van der Waals surface area contributed by atoms with Gasteiger partial charge in [0.15, 0.2) is 23.3 Å². The lowest BCUT2D eigenvalue weighted by Crippen LogP contribution is -2.53. The van der Waals surface area contributed by atoms with Crippen molar-refractivity contribution in [2.24, 2.45) is 0 Å². The van der Waals surface area contributed by atoms with Crippen molar-refractivity contribution in [3.05, 3.63) is 34.6 Å². The SMILES string of the molecule is Fc1c(F)c(F)c(C(F)(F)COC(F)(F)C(F)(F)OC(F)(F)C(F)(F)F)c(F)c1F. The first kappa shape index (κ1) is 26.1. The molecule has 1 rings (SSSR count). The number of halogens is 16. The summed E-state index contributed by atoms with van der Waals surface area (Å²) < 4.78 is 208. The van der Waals surface area contributed by atoms with Crippen LogP contribution in [0, 0.1) is 29.1 Å². The van der Waals surface area contributed by atoms with Crippen LogP contribution in [-0.4, -0.2) is 31.1 Å². The highest BCUT2D eigenvalue weighted by Crippen LogP contribution is 2.47. The minimum absolute atomic E-state index is 1.60. The van der Waals surface area contributed by atoms with Crippen molar-refractivity contribution in [3.8, 4) is 0 Å². The quantitative estimate of drug-likeness (QED) is 0.276. The van der Waals surface area contributed by atoms with Crippen molar-refractivity contribution >= 4 is 0 Å². The molecule has 30 heavy (non-hydrogen) atoms. The monoisotopic (exact) mass is 482 g/mol. The van der Waals surface area contributed by atoms with E-state index in [1.807, 2.05) is 0 Å². The second-order valence-corrected chi connectivity index (χ2v) is 5.09. The van der Waals surface area contributed by atoms with Crippen LogP contribution in [0.25, 0.3) is 0 Å². The van der Waals surface area contributed by atoms with Crippen molar-refractivity contribution < 1.29 is 79.7 Å². The van der Waals surface area contributed by atoms with Crippen LogP contribution in [0.3, 0.4) is 0 Å². The Morgan fingerprint density at radius 2 is 0.867 bits per heavy atom. The Bertz CT molecular complexity index is 769. The number of hydrogen-bond donors (Lipinski definition) is 0. The molecule has 0 unspecified atom stereocenters. The van der Waals surface area contributed by atoms with E-state index in [-0.39, 0.29) is 0 Å². The summed E-state index contributed by atoms with van der Waals surface area (Å²) in [7, 11) is 0. The molecule has 0 aliphatic carbocycles. The maximum absolute atomic E-state index is 13.6. The van der Waals surface area contributed by atoms with Crippen molar-refractivity contribution in [1.29, 1.82) is 0 Å². The first-order chi connectivity index (χ1) is 13.1. The van der Waals surface area contributed by atoms with E-state index in [0.29, 0.717) is 0 Å². The molecule has 0 atom stereocenters. The van der Waals surface area contributed by atoms with E-state index in [0.717, 1.165) is 0 Å². The van der Waals surface area contributed by atoms with E-state index < -0.39 is 71.7 Å². The molecule has 0 saturated heterocycles. The Kier molecular flexibility index (Phi) is 6.61. The molecule has 1 aromatic carbocycles. The molecule has 0 heterocycles. The Morgan fingerprint density at radius 1 is 0.500 bits per heavy atom.